The number of ether oxygens (including phenoxy) is 2. The van der Waals surface area contributed by atoms with Gasteiger partial charge in [0.2, 0.25) is 5.88 Å². The van der Waals surface area contributed by atoms with Crippen LogP contribution in [0.5, 0.6) is 11.6 Å². The number of hydrogen-bond donors (Lipinski definition) is 1. The Kier molecular flexibility index (Phi) is 6.54. The van der Waals surface area contributed by atoms with Gasteiger partial charge in [-0.1, -0.05) is 12.1 Å². The van der Waals surface area contributed by atoms with Crippen LogP contribution in [-0.2, 0) is 13.2 Å². The molecule has 0 aliphatic carbocycles. The molecule has 168 valence electrons. The fraction of sp³-hybridized carbons (Fsp3) is 0.160. The predicted molar refractivity (Wildman–Crippen MR) is 122 cm³/mol. The number of aryl methyl sites for hydroxylation is 1. The van der Waals surface area contributed by atoms with Crippen molar-refractivity contribution in [1.82, 2.24) is 15.1 Å². The molecule has 1 amide bonds. The number of nitrogens with one attached hydrogen (secondary N) is 1. The van der Waals surface area contributed by atoms with Crippen LogP contribution < -0.4 is 20.3 Å². The van der Waals surface area contributed by atoms with Crippen LogP contribution in [0.2, 0.25) is 0 Å². The monoisotopic (exact) mass is 445 g/mol. The van der Waals surface area contributed by atoms with Gasteiger partial charge in [0, 0.05) is 17.7 Å². The van der Waals surface area contributed by atoms with E-state index in [1.165, 1.54) is 16.8 Å². The third kappa shape index (κ3) is 5.48. The number of carbonyl (C=O) groups excluding carboxylic acids is 1. The van der Waals surface area contributed by atoms with Crippen molar-refractivity contribution < 1.29 is 18.7 Å². The normalized spacial score (nSPS) is 10.6. The SMILES string of the molecule is COc1ccc(COc2ccc(=O)n(-c3ccc(C(=O)NCc4ccc(C)o4)cc3)n2)cc1. The Balaban J connectivity index is 1.42. The summed E-state index contributed by atoms with van der Waals surface area (Å²) in [5.74, 6) is 2.29. The first-order valence-electron chi connectivity index (χ1n) is 10.3. The van der Waals surface area contributed by atoms with Crippen molar-refractivity contribution in [2.45, 2.75) is 20.1 Å². The Morgan fingerprint density at radius 1 is 1.00 bits per heavy atom. The summed E-state index contributed by atoms with van der Waals surface area (Å²) in [6, 6.07) is 20.7. The third-order valence-corrected chi connectivity index (χ3v) is 4.91. The van der Waals surface area contributed by atoms with Crippen LogP contribution in [-0.4, -0.2) is 22.8 Å². The van der Waals surface area contributed by atoms with E-state index in [4.69, 9.17) is 13.9 Å². The first-order valence-corrected chi connectivity index (χ1v) is 10.3. The maximum Gasteiger partial charge on any atom is 0.271 e. The van der Waals surface area contributed by atoms with Crippen molar-refractivity contribution >= 4 is 5.91 Å². The highest BCUT2D eigenvalue weighted by molar-refractivity contribution is 5.94. The zero-order valence-electron chi connectivity index (χ0n) is 18.3. The summed E-state index contributed by atoms with van der Waals surface area (Å²) < 4.78 is 17.6. The Labute approximate surface area is 190 Å². The Morgan fingerprint density at radius 2 is 1.76 bits per heavy atom. The van der Waals surface area contributed by atoms with Crippen molar-refractivity contribution in [2.75, 3.05) is 7.11 Å². The molecule has 0 radical (unpaired) electrons. The average molecular weight is 445 g/mol. The lowest BCUT2D eigenvalue weighted by atomic mass is 10.2. The molecule has 2 aromatic heterocycles. The number of amides is 1. The zero-order chi connectivity index (χ0) is 23.2. The second-order valence-electron chi connectivity index (χ2n) is 7.30. The van der Waals surface area contributed by atoms with E-state index in [9.17, 15) is 9.59 Å². The standard InChI is InChI=1S/C25H23N3O5/c1-17-3-10-22(33-17)15-26-25(30)19-6-8-20(9-7-19)28-24(29)14-13-23(27-28)32-16-18-4-11-21(31-2)12-5-18/h3-14H,15-16H2,1-2H3,(H,26,30). The minimum atomic E-state index is -0.308. The van der Waals surface area contributed by atoms with Gasteiger partial charge in [0.15, 0.2) is 0 Å². The molecule has 0 bridgehead atoms. The first kappa shape index (κ1) is 21.9. The molecule has 4 aromatic rings. The summed E-state index contributed by atoms with van der Waals surface area (Å²) in [4.78, 5) is 24.7. The van der Waals surface area contributed by atoms with Crippen LogP contribution in [0.4, 0.5) is 0 Å². The van der Waals surface area contributed by atoms with Gasteiger partial charge < -0.3 is 19.2 Å². The number of benzene rings is 2. The van der Waals surface area contributed by atoms with Gasteiger partial charge in [-0.05, 0) is 61.0 Å². The quantitative estimate of drug-likeness (QED) is 0.445. The van der Waals surface area contributed by atoms with Crippen molar-refractivity contribution in [3.05, 3.63) is 106 Å². The molecule has 8 heteroatoms. The van der Waals surface area contributed by atoms with Crippen LogP contribution in [0.1, 0.15) is 27.4 Å². The summed E-state index contributed by atoms with van der Waals surface area (Å²) in [6.45, 7) is 2.44. The highest BCUT2D eigenvalue weighted by Crippen LogP contribution is 2.14. The maximum absolute atomic E-state index is 12.4. The molecular formula is C25H23N3O5. The molecule has 0 aliphatic heterocycles. The second-order valence-corrected chi connectivity index (χ2v) is 7.30. The van der Waals surface area contributed by atoms with Gasteiger partial charge in [-0.2, -0.15) is 4.68 Å². The molecule has 0 fully saturated rings. The molecular weight excluding hydrogens is 422 g/mol. The van der Waals surface area contributed by atoms with E-state index in [-0.39, 0.29) is 11.5 Å². The smallest absolute Gasteiger partial charge is 0.271 e. The lowest BCUT2D eigenvalue weighted by molar-refractivity contribution is 0.0948. The van der Waals surface area contributed by atoms with E-state index >= 15 is 0 Å². The highest BCUT2D eigenvalue weighted by atomic mass is 16.5. The molecule has 0 saturated carbocycles. The van der Waals surface area contributed by atoms with Crippen molar-refractivity contribution in [3.8, 4) is 17.3 Å². The van der Waals surface area contributed by atoms with Crippen molar-refractivity contribution in [3.63, 3.8) is 0 Å². The molecule has 0 atom stereocenters. The fourth-order valence-corrected chi connectivity index (χ4v) is 3.14. The number of methoxy groups -OCH3 is 1. The molecule has 0 saturated heterocycles. The number of rotatable bonds is 8. The minimum Gasteiger partial charge on any atom is -0.497 e. The molecule has 2 aromatic carbocycles. The largest absolute Gasteiger partial charge is 0.497 e. The summed E-state index contributed by atoms with van der Waals surface area (Å²) >= 11 is 0. The summed E-state index contributed by atoms with van der Waals surface area (Å²) in [5, 5.41) is 7.09. The lowest BCUT2D eigenvalue weighted by Gasteiger charge is -2.10. The predicted octanol–water partition coefficient (Wildman–Crippen LogP) is 3.65. The first-order chi connectivity index (χ1) is 16.0. The number of furan rings is 1. The van der Waals surface area contributed by atoms with Crippen LogP contribution in [0.15, 0.2) is 82.0 Å². The molecule has 0 aliphatic rings. The van der Waals surface area contributed by atoms with Gasteiger partial charge in [0.1, 0.15) is 23.9 Å². The Morgan fingerprint density at radius 3 is 2.42 bits per heavy atom. The van der Waals surface area contributed by atoms with Crippen LogP contribution in [0, 0.1) is 6.92 Å². The molecule has 0 spiro atoms. The molecule has 2 heterocycles. The second kappa shape index (κ2) is 9.86. The number of aromatic nitrogens is 2. The van der Waals surface area contributed by atoms with Gasteiger partial charge in [-0.25, -0.2) is 0 Å². The zero-order valence-corrected chi connectivity index (χ0v) is 18.3. The lowest BCUT2D eigenvalue weighted by Crippen LogP contribution is -2.23. The van der Waals surface area contributed by atoms with Crippen molar-refractivity contribution in [2.24, 2.45) is 0 Å². The van der Waals surface area contributed by atoms with Crippen molar-refractivity contribution in [1.29, 1.82) is 0 Å². The van der Waals surface area contributed by atoms with Crippen LogP contribution >= 0.6 is 0 Å². The van der Waals surface area contributed by atoms with E-state index in [0.29, 0.717) is 36.0 Å². The van der Waals surface area contributed by atoms with E-state index < -0.39 is 0 Å². The number of hydrogen-bond acceptors (Lipinski definition) is 6. The van der Waals surface area contributed by atoms with Crippen LogP contribution in [0.3, 0.4) is 0 Å². The summed E-state index contributed by atoms with van der Waals surface area (Å²) in [7, 11) is 1.61. The molecule has 4 rings (SSSR count). The Hall–Kier alpha value is -4.33. The van der Waals surface area contributed by atoms with Gasteiger partial charge in [-0.3, -0.25) is 9.59 Å². The van der Waals surface area contributed by atoms with Gasteiger partial charge in [0.25, 0.3) is 11.5 Å². The van der Waals surface area contributed by atoms with E-state index in [1.54, 1.807) is 31.4 Å². The molecule has 0 unspecified atom stereocenters. The maximum atomic E-state index is 12.4. The van der Waals surface area contributed by atoms with E-state index in [1.807, 2.05) is 43.3 Å². The molecule has 8 nitrogen and oxygen atoms in total. The van der Waals surface area contributed by atoms with Gasteiger partial charge in [0.05, 0.1) is 19.3 Å². The highest BCUT2D eigenvalue weighted by Gasteiger charge is 2.09. The fourth-order valence-electron chi connectivity index (χ4n) is 3.14. The Bertz CT molecular complexity index is 1290. The van der Waals surface area contributed by atoms with E-state index in [2.05, 4.69) is 10.4 Å². The third-order valence-electron chi connectivity index (χ3n) is 4.91. The summed E-state index contributed by atoms with van der Waals surface area (Å²) in [5.41, 5.74) is 1.61. The molecule has 33 heavy (non-hydrogen) atoms. The topological polar surface area (TPSA) is 95.6 Å². The minimum absolute atomic E-state index is 0.243. The average Bonchev–Trinajstić information content (AvgIpc) is 3.27. The van der Waals surface area contributed by atoms with E-state index in [0.717, 1.165) is 17.1 Å². The molecule has 1 N–H and O–H groups in total. The number of carbonyl (C=O) groups is 1. The number of nitrogens with zero attached hydrogens (tertiary/aromatic N) is 2. The van der Waals surface area contributed by atoms with Gasteiger partial charge in [-0.15, -0.1) is 5.10 Å². The van der Waals surface area contributed by atoms with Gasteiger partial charge >= 0.3 is 0 Å². The van der Waals surface area contributed by atoms with Crippen LogP contribution in [0.25, 0.3) is 5.69 Å². The summed E-state index contributed by atoms with van der Waals surface area (Å²) in [6.07, 6.45) is 0.